The summed E-state index contributed by atoms with van der Waals surface area (Å²) >= 11 is 5.80. The first kappa shape index (κ1) is 16.5. The molecule has 0 atom stereocenters. The standard InChI is InChI=1S/C15H15ClN2O3S/c1-18(2)22(20,21)17-14-5-3-4-12(10-14)15(19)11-6-8-13(16)9-7-11/h3-10,17H,1-2H3. The molecule has 0 radical (unpaired) electrons. The van der Waals surface area contributed by atoms with E-state index in [9.17, 15) is 13.2 Å². The lowest BCUT2D eigenvalue weighted by Gasteiger charge is -2.13. The van der Waals surface area contributed by atoms with Crippen molar-refractivity contribution >= 4 is 33.3 Å². The molecule has 2 aromatic rings. The van der Waals surface area contributed by atoms with Crippen LogP contribution >= 0.6 is 11.6 Å². The quantitative estimate of drug-likeness (QED) is 0.852. The van der Waals surface area contributed by atoms with Crippen LogP contribution in [0.5, 0.6) is 0 Å². The third kappa shape index (κ3) is 3.85. The van der Waals surface area contributed by atoms with Gasteiger partial charge in [0.05, 0.1) is 5.69 Å². The number of halogens is 1. The van der Waals surface area contributed by atoms with E-state index in [-0.39, 0.29) is 5.78 Å². The van der Waals surface area contributed by atoms with Crippen LogP contribution in [0.1, 0.15) is 15.9 Å². The molecule has 2 rings (SSSR count). The maximum absolute atomic E-state index is 12.4. The molecule has 0 aromatic heterocycles. The number of carbonyl (C=O) groups is 1. The topological polar surface area (TPSA) is 66.5 Å². The van der Waals surface area contributed by atoms with Gasteiger partial charge in [-0.2, -0.15) is 12.7 Å². The molecule has 0 aliphatic carbocycles. The number of rotatable bonds is 5. The van der Waals surface area contributed by atoms with Crippen molar-refractivity contribution in [2.45, 2.75) is 0 Å². The van der Waals surface area contributed by atoms with Gasteiger partial charge in [0.2, 0.25) is 0 Å². The molecule has 1 N–H and O–H groups in total. The zero-order valence-electron chi connectivity index (χ0n) is 12.1. The van der Waals surface area contributed by atoms with E-state index >= 15 is 0 Å². The first-order chi connectivity index (χ1) is 10.3. The zero-order valence-corrected chi connectivity index (χ0v) is 13.6. The number of nitrogens with zero attached hydrogens (tertiary/aromatic N) is 1. The molecule has 0 saturated heterocycles. The number of benzene rings is 2. The Labute approximate surface area is 134 Å². The summed E-state index contributed by atoms with van der Waals surface area (Å²) in [5.41, 5.74) is 1.20. The SMILES string of the molecule is CN(C)S(=O)(=O)Nc1cccc(C(=O)c2ccc(Cl)cc2)c1. The van der Waals surface area contributed by atoms with E-state index in [0.29, 0.717) is 21.8 Å². The van der Waals surface area contributed by atoms with Gasteiger partial charge in [0, 0.05) is 30.2 Å². The van der Waals surface area contributed by atoms with E-state index in [1.165, 1.54) is 20.2 Å². The van der Waals surface area contributed by atoms with Gasteiger partial charge in [0.1, 0.15) is 0 Å². The molecule has 22 heavy (non-hydrogen) atoms. The van der Waals surface area contributed by atoms with E-state index in [0.717, 1.165) is 4.31 Å². The van der Waals surface area contributed by atoms with Crippen LogP contribution in [0.3, 0.4) is 0 Å². The van der Waals surface area contributed by atoms with Crippen molar-refractivity contribution in [3.05, 3.63) is 64.7 Å². The van der Waals surface area contributed by atoms with Crippen LogP contribution < -0.4 is 4.72 Å². The van der Waals surface area contributed by atoms with Crippen molar-refractivity contribution in [2.75, 3.05) is 18.8 Å². The van der Waals surface area contributed by atoms with Crippen molar-refractivity contribution < 1.29 is 13.2 Å². The molecule has 0 spiro atoms. The summed E-state index contributed by atoms with van der Waals surface area (Å²) < 4.78 is 27.1. The van der Waals surface area contributed by atoms with Gasteiger partial charge < -0.3 is 0 Å². The lowest BCUT2D eigenvalue weighted by molar-refractivity contribution is 0.103. The number of ketones is 1. The maximum atomic E-state index is 12.4. The molecular formula is C15H15ClN2O3S. The molecule has 7 heteroatoms. The lowest BCUT2D eigenvalue weighted by atomic mass is 10.0. The predicted octanol–water partition coefficient (Wildman–Crippen LogP) is 2.79. The normalized spacial score (nSPS) is 11.5. The summed E-state index contributed by atoms with van der Waals surface area (Å²) in [5, 5.41) is 0.545. The average molecular weight is 339 g/mol. The summed E-state index contributed by atoms with van der Waals surface area (Å²) in [6.07, 6.45) is 0. The van der Waals surface area contributed by atoms with Crippen molar-refractivity contribution in [1.29, 1.82) is 0 Å². The van der Waals surface area contributed by atoms with Gasteiger partial charge in [0.15, 0.2) is 5.78 Å². The van der Waals surface area contributed by atoms with E-state index in [2.05, 4.69) is 4.72 Å². The highest BCUT2D eigenvalue weighted by molar-refractivity contribution is 7.90. The minimum absolute atomic E-state index is 0.206. The Bertz CT molecular complexity index is 787. The fourth-order valence-electron chi connectivity index (χ4n) is 1.73. The number of hydrogen-bond acceptors (Lipinski definition) is 3. The molecule has 5 nitrogen and oxygen atoms in total. The molecule has 0 amide bonds. The molecule has 0 aliphatic heterocycles. The monoisotopic (exact) mass is 338 g/mol. The molecule has 0 fully saturated rings. The molecule has 0 aliphatic rings. The Morgan fingerprint density at radius 3 is 2.27 bits per heavy atom. The highest BCUT2D eigenvalue weighted by Gasteiger charge is 2.15. The third-order valence-electron chi connectivity index (χ3n) is 2.96. The first-order valence-electron chi connectivity index (χ1n) is 6.40. The second kappa shape index (κ2) is 6.48. The van der Waals surface area contributed by atoms with Crippen LogP contribution in [-0.4, -0.2) is 32.6 Å². The molecule has 2 aromatic carbocycles. The van der Waals surface area contributed by atoms with E-state index in [4.69, 9.17) is 11.6 Å². The molecule has 0 heterocycles. The van der Waals surface area contributed by atoms with Crippen LogP contribution in [0, 0.1) is 0 Å². The summed E-state index contributed by atoms with van der Waals surface area (Å²) in [6, 6.07) is 12.8. The number of carbonyl (C=O) groups excluding carboxylic acids is 1. The van der Waals surface area contributed by atoms with E-state index in [1.807, 2.05) is 0 Å². The highest BCUT2D eigenvalue weighted by atomic mass is 35.5. The van der Waals surface area contributed by atoms with Crippen LogP contribution in [-0.2, 0) is 10.2 Å². The smallest absolute Gasteiger partial charge is 0.289 e. The molecular weight excluding hydrogens is 324 g/mol. The van der Waals surface area contributed by atoms with Gasteiger partial charge in [-0.25, -0.2) is 0 Å². The van der Waals surface area contributed by atoms with Crippen LogP contribution in [0.4, 0.5) is 5.69 Å². The maximum Gasteiger partial charge on any atom is 0.301 e. The number of anilines is 1. The second-order valence-corrected chi connectivity index (χ2v) is 7.13. The van der Waals surface area contributed by atoms with Gasteiger partial charge in [-0.15, -0.1) is 0 Å². The van der Waals surface area contributed by atoms with Crippen molar-refractivity contribution in [3.8, 4) is 0 Å². The van der Waals surface area contributed by atoms with Crippen LogP contribution in [0.2, 0.25) is 5.02 Å². The Kier molecular flexibility index (Phi) is 4.85. The van der Waals surface area contributed by atoms with Crippen molar-refractivity contribution in [1.82, 2.24) is 4.31 Å². The van der Waals surface area contributed by atoms with Gasteiger partial charge >= 0.3 is 10.2 Å². The van der Waals surface area contributed by atoms with Gasteiger partial charge in [0.25, 0.3) is 0 Å². The Morgan fingerprint density at radius 1 is 1.05 bits per heavy atom. The van der Waals surface area contributed by atoms with Crippen molar-refractivity contribution in [3.63, 3.8) is 0 Å². The van der Waals surface area contributed by atoms with E-state index in [1.54, 1.807) is 42.5 Å². The average Bonchev–Trinajstić information content (AvgIpc) is 2.47. The van der Waals surface area contributed by atoms with E-state index < -0.39 is 10.2 Å². The zero-order chi connectivity index (χ0) is 16.3. The molecule has 0 bridgehead atoms. The Hall–Kier alpha value is -1.89. The minimum Gasteiger partial charge on any atom is -0.289 e. The molecule has 0 unspecified atom stereocenters. The summed E-state index contributed by atoms with van der Waals surface area (Å²) in [4.78, 5) is 12.4. The minimum atomic E-state index is -3.61. The highest BCUT2D eigenvalue weighted by Crippen LogP contribution is 2.18. The second-order valence-electron chi connectivity index (χ2n) is 4.81. The van der Waals surface area contributed by atoms with Crippen molar-refractivity contribution in [2.24, 2.45) is 0 Å². The van der Waals surface area contributed by atoms with Gasteiger partial charge in [-0.3, -0.25) is 9.52 Å². The Balaban J connectivity index is 2.28. The Morgan fingerprint density at radius 2 is 1.68 bits per heavy atom. The number of hydrogen-bond donors (Lipinski definition) is 1. The third-order valence-corrected chi connectivity index (χ3v) is 4.67. The van der Waals surface area contributed by atoms with Gasteiger partial charge in [-0.05, 0) is 36.4 Å². The molecule has 0 saturated carbocycles. The molecule has 116 valence electrons. The van der Waals surface area contributed by atoms with Crippen LogP contribution in [0.15, 0.2) is 48.5 Å². The lowest BCUT2D eigenvalue weighted by Crippen LogP contribution is -2.28. The predicted molar refractivity (Wildman–Crippen MR) is 87.6 cm³/mol. The fourth-order valence-corrected chi connectivity index (χ4v) is 2.47. The summed E-state index contributed by atoms with van der Waals surface area (Å²) in [7, 11) is -0.766. The first-order valence-corrected chi connectivity index (χ1v) is 8.22. The van der Waals surface area contributed by atoms with Crippen LogP contribution in [0.25, 0.3) is 0 Å². The summed E-state index contributed by atoms with van der Waals surface area (Å²) in [6.45, 7) is 0. The number of nitrogens with one attached hydrogen (secondary N) is 1. The van der Waals surface area contributed by atoms with Gasteiger partial charge in [-0.1, -0.05) is 23.7 Å². The summed E-state index contributed by atoms with van der Waals surface area (Å²) in [5.74, 6) is -0.206. The fraction of sp³-hybridized carbons (Fsp3) is 0.133. The largest absolute Gasteiger partial charge is 0.301 e.